The summed E-state index contributed by atoms with van der Waals surface area (Å²) in [5.41, 5.74) is 0.140. The highest BCUT2D eigenvalue weighted by atomic mass is 16.5. The minimum absolute atomic E-state index is 0.0916. The molecular formula is C20H24N4O6. The number of benzene rings is 1. The molecule has 5 amide bonds. The number of nitrogens with one attached hydrogen (secondary N) is 3. The molecule has 0 aromatic heterocycles. The molecule has 1 aliphatic heterocycles. The molecule has 2 aliphatic rings. The van der Waals surface area contributed by atoms with Gasteiger partial charge in [0.25, 0.3) is 11.8 Å². The van der Waals surface area contributed by atoms with Crippen molar-refractivity contribution in [3.05, 3.63) is 24.3 Å². The summed E-state index contributed by atoms with van der Waals surface area (Å²) in [5.74, 6) is -1.78. The number of urea groups is 1. The predicted molar refractivity (Wildman–Crippen MR) is 106 cm³/mol. The van der Waals surface area contributed by atoms with Crippen LogP contribution in [0.1, 0.15) is 39.0 Å². The fraction of sp³-hybridized carbons (Fsp3) is 0.450. The molecule has 1 aromatic rings. The monoisotopic (exact) mass is 416 g/mol. The number of hydrogen-bond acceptors (Lipinski definition) is 6. The topological polar surface area (TPSA) is 134 Å². The Bertz CT molecular complexity index is 878. The predicted octanol–water partition coefficient (Wildman–Crippen LogP) is 1.38. The zero-order valence-corrected chi connectivity index (χ0v) is 16.7. The highest BCUT2D eigenvalue weighted by Gasteiger charge is 2.52. The molecule has 1 aliphatic carbocycles. The van der Waals surface area contributed by atoms with E-state index >= 15 is 0 Å². The molecule has 0 radical (unpaired) electrons. The van der Waals surface area contributed by atoms with Crippen LogP contribution < -0.4 is 16.0 Å². The first kappa shape index (κ1) is 21.3. The number of imide groups is 1. The second kappa shape index (κ2) is 8.93. The summed E-state index contributed by atoms with van der Waals surface area (Å²) < 4.78 is 4.93. The van der Waals surface area contributed by atoms with Crippen LogP contribution in [-0.4, -0.2) is 53.3 Å². The van der Waals surface area contributed by atoms with E-state index in [1.807, 2.05) is 0 Å². The normalized spacial score (nSPS) is 17.0. The van der Waals surface area contributed by atoms with Gasteiger partial charge in [-0.1, -0.05) is 18.9 Å². The maximum atomic E-state index is 12.5. The van der Waals surface area contributed by atoms with Gasteiger partial charge in [-0.15, -0.1) is 0 Å². The lowest BCUT2D eigenvalue weighted by Gasteiger charge is -2.19. The molecule has 160 valence electrons. The van der Waals surface area contributed by atoms with Crippen molar-refractivity contribution in [3.8, 4) is 0 Å². The first-order valence-electron chi connectivity index (χ1n) is 9.76. The highest BCUT2D eigenvalue weighted by molar-refractivity contribution is 6.07. The number of hydrogen-bond donors (Lipinski definition) is 3. The van der Waals surface area contributed by atoms with E-state index in [-0.39, 0.29) is 24.8 Å². The number of esters is 1. The van der Waals surface area contributed by atoms with E-state index < -0.39 is 30.1 Å². The first-order valence-corrected chi connectivity index (χ1v) is 9.76. The van der Waals surface area contributed by atoms with Crippen molar-refractivity contribution < 1.29 is 28.7 Å². The van der Waals surface area contributed by atoms with Crippen LogP contribution in [0.5, 0.6) is 0 Å². The molecule has 0 atom stereocenters. The summed E-state index contributed by atoms with van der Waals surface area (Å²) in [6.45, 7) is 0.774. The van der Waals surface area contributed by atoms with Gasteiger partial charge in [-0.2, -0.15) is 0 Å². The third-order valence-corrected chi connectivity index (χ3v) is 5.07. The van der Waals surface area contributed by atoms with Gasteiger partial charge in [0.15, 0.2) is 6.61 Å². The molecule has 0 bridgehead atoms. The molecule has 1 aromatic carbocycles. The number of amides is 5. The van der Waals surface area contributed by atoms with Gasteiger partial charge >= 0.3 is 12.0 Å². The van der Waals surface area contributed by atoms with Crippen LogP contribution in [0.2, 0.25) is 0 Å². The number of nitrogens with zero attached hydrogens (tertiary/aromatic N) is 1. The van der Waals surface area contributed by atoms with E-state index in [1.165, 1.54) is 6.92 Å². The Kier molecular flexibility index (Phi) is 6.34. The third kappa shape index (κ3) is 4.94. The number of ether oxygens (including phenoxy) is 1. The Hall–Kier alpha value is -3.43. The van der Waals surface area contributed by atoms with E-state index in [4.69, 9.17) is 4.74 Å². The number of carbonyl (C=O) groups excluding carboxylic acids is 5. The van der Waals surface area contributed by atoms with Crippen molar-refractivity contribution in [2.75, 3.05) is 23.8 Å². The molecule has 1 spiro atoms. The Morgan fingerprint density at radius 3 is 2.47 bits per heavy atom. The van der Waals surface area contributed by atoms with Crippen LogP contribution >= 0.6 is 0 Å². The van der Waals surface area contributed by atoms with Crippen LogP contribution in [-0.2, 0) is 23.9 Å². The van der Waals surface area contributed by atoms with E-state index in [1.54, 1.807) is 24.3 Å². The lowest BCUT2D eigenvalue weighted by atomic mass is 9.98. The zero-order chi connectivity index (χ0) is 21.7. The van der Waals surface area contributed by atoms with E-state index in [0.717, 1.165) is 17.7 Å². The molecule has 3 N–H and O–H groups in total. The average molecular weight is 416 g/mol. The zero-order valence-electron chi connectivity index (χ0n) is 16.7. The van der Waals surface area contributed by atoms with Crippen LogP contribution in [0.15, 0.2) is 24.3 Å². The molecule has 10 heteroatoms. The fourth-order valence-electron chi connectivity index (χ4n) is 3.69. The number of carbonyl (C=O) groups is 5. The molecule has 1 saturated carbocycles. The summed E-state index contributed by atoms with van der Waals surface area (Å²) in [5, 5.41) is 7.90. The van der Waals surface area contributed by atoms with Crippen LogP contribution in [0.4, 0.5) is 16.2 Å². The Balaban J connectivity index is 1.42. The first-order chi connectivity index (χ1) is 14.3. The van der Waals surface area contributed by atoms with Crippen molar-refractivity contribution in [1.82, 2.24) is 10.2 Å². The second-order valence-electron chi connectivity index (χ2n) is 7.40. The smallest absolute Gasteiger partial charge is 0.325 e. The highest BCUT2D eigenvalue weighted by Crippen LogP contribution is 2.35. The Labute approximate surface area is 173 Å². The standard InChI is InChI=1S/C20H24N4O6/c1-13(25)21-14-5-4-6-15(11-14)22-16(26)12-30-17(27)7-10-24-18(28)20(23-19(24)29)8-2-3-9-20/h4-6,11H,2-3,7-10,12H2,1H3,(H,21,25)(H,22,26)(H,23,29). The molecule has 2 fully saturated rings. The van der Waals surface area contributed by atoms with Gasteiger partial charge in [0, 0.05) is 24.8 Å². The minimum Gasteiger partial charge on any atom is -0.456 e. The summed E-state index contributed by atoms with van der Waals surface area (Å²) in [4.78, 5) is 60.6. The van der Waals surface area contributed by atoms with E-state index in [0.29, 0.717) is 24.2 Å². The summed E-state index contributed by atoms with van der Waals surface area (Å²) in [7, 11) is 0. The van der Waals surface area contributed by atoms with Crippen LogP contribution in [0, 0.1) is 0 Å². The number of rotatable bonds is 7. The second-order valence-corrected chi connectivity index (χ2v) is 7.40. The summed E-state index contributed by atoms with van der Waals surface area (Å²) in [6, 6.07) is 6.02. The summed E-state index contributed by atoms with van der Waals surface area (Å²) in [6.07, 6.45) is 2.79. The van der Waals surface area contributed by atoms with E-state index in [9.17, 15) is 24.0 Å². The van der Waals surface area contributed by atoms with Gasteiger partial charge in [-0.05, 0) is 31.0 Å². The van der Waals surface area contributed by atoms with Gasteiger partial charge in [-0.25, -0.2) is 4.79 Å². The SMILES string of the molecule is CC(=O)Nc1cccc(NC(=O)COC(=O)CCN2C(=O)NC3(CCCC3)C2=O)c1. The maximum Gasteiger partial charge on any atom is 0.325 e. The largest absolute Gasteiger partial charge is 0.456 e. The van der Waals surface area contributed by atoms with Crippen LogP contribution in [0.25, 0.3) is 0 Å². The summed E-state index contributed by atoms with van der Waals surface area (Å²) >= 11 is 0. The van der Waals surface area contributed by atoms with Crippen molar-refractivity contribution in [3.63, 3.8) is 0 Å². The maximum absolute atomic E-state index is 12.5. The van der Waals surface area contributed by atoms with Crippen molar-refractivity contribution in [1.29, 1.82) is 0 Å². The lowest BCUT2D eigenvalue weighted by molar-refractivity contribution is -0.147. The van der Waals surface area contributed by atoms with Gasteiger partial charge in [0.05, 0.1) is 6.42 Å². The third-order valence-electron chi connectivity index (χ3n) is 5.07. The van der Waals surface area contributed by atoms with Crippen molar-refractivity contribution in [2.45, 2.75) is 44.6 Å². The van der Waals surface area contributed by atoms with Crippen LogP contribution in [0.3, 0.4) is 0 Å². The Morgan fingerprint density at radius 2 is 1.80 bits per heavy atom. The molecule has 0 unspecified atom stereocenters. The molecule has 1 saturated heterocycles. The minimum atomic E-state index is -0.813. The quantitative estimate of drug-likeness (QED) is 0.454. The fourth-order valence-corrected chi connectivity index (χ4v) is 3.69. The van der Waals surface area contributed by atoms with Crippen molar-refractivity contribution >= 4 is 41.1 Å². The Morgan fingerprint density at radius 1 is 1.13 bits per heavy atom. The molecule has 10 nitrogen and oxygen atoms in total. The molecule has 3 rings (SSSR count). The lowest BCUT2D eigenvalue weighted by Crippen LogP contribution is -2.44. The van der Waals surface area contributed by atoms with Gasteiger partial charge in [-0.3, -0.25) is 24.1 Å². The average Bonchev–Trinajstić information content (AvgIpc) is 3.24. The van der Waals surface area contributed by atoms with Gasteiger partial charge in [0.1, 0.15) is 5.54 Å². The van der Waals surface area contributed by atoms with Gasteiger partial charge in [0.2, 0.25) is 5.91 Å². The molecule has 30 heavy (non-hydrogen) atoms. The van der Waals surface area contributed by atoms with Gasteiger partial charge < -0.3 is 20.7 Å². The van der Waals surface area contributed by atoms with Crippen molar-refractivity contribution in [2.24, 2.45) is 0 Å². The van der Waals surface area contributed by atoms with E-state index in [2.05, 4.69) is 16.0 Å². The molecular weight excluding hydrogens is 392 g/mol. The molecule has 1 heterocycles. The number of anilines is 2.